The van der Waals surface area contributed by atoms with E-state index >= 15 is 0 Å². The molecule has 0 aliphatic heterocycles. The first-order chi connectivity index (χ1) is 10.8. The molecular formula is C13H12F3N5OS. The molecule has 0 bridgehead atoms. The number of nitrogens with one attached hydrogen (secondary N) is 1. The lowest BCUT2D eigenvalue weighted by atomic mass is 10.2. The van der Waals surface area contributed by atoms with Gasteiger partial charge in [0.1, 0.15) is 10.8 Å². The molecule has 1 amide bonds. The molecule has 3 N–H and O–H groups in total. The van der Waals surface area contributed by atoms with Crippen molar-refractivity contribution in [1.29, 1.82) is 5.41 Å². The van der Waals surface area contributed by atoms with E-state index in [2.05, 4.69) is 9.97 Å². The van der Waals surface area contributed by atoms with Gasteiger partial charge in [-0.15, -0.1) is 11.3 Å². The molecular weight excluding hydrogens is 331 g/mol. The van der Waals surface area contributed by atoms with Crippen molar-refractivity contribution in [2.75, 3.05) is 17.2 Å². The van der Waals surface area contributed by atoms with Crippen LogP contribution >= 0.6 is 11.3 Å². The summed E-state index contributed by atoms with van der Waals surface area (Å²) in [6.45, 7) is -0.660. The monoisotopic (exact) mass is 343 g/mol. The molecule has 6 nitrogen and oxygen atoms in total. The smallest absolute Gasteiger partial charge is 0.390 e. The predicted molar refractivity (Wildman–Crippen MR) is 80.6 cm³/mol. The number of nitrogen functional groups attached to an aromatic ring is 1. The molecule has 0 aromatic carbocycles. The minimum Gasteiger partial charge on any atom is -0.399 e. The van der Waals surface area contributed by atoms with Crippen LogP contribution in [0.1, 0.15) is 11.4 Å². The zero-order valence-corrected chi connectivity index (χ0v) is 12.5. The minimum atomic E-state index is -4.44. The molecule has 122 valence electrons. The zero-order chi connectivity index (χ0) is 17.0. The summed E-state index contributed by atoms with van der Waals surface area (Å²) in [5, 5.41) is 9.52. The summed E-state index contributed by atoms with van der Waals surface area (Å²) in [5.41, 5.74) is 5.34. The van der Waals surface area contributed by atoms with E-state index in [0.717, 1.165) is 16.2 Å². The third kappa shape index (κ3) is 4.49. The molecule has 0 fully saturated rings. The molecule has 2 aromatic rings. The van der Waals surface area contributed by atoms with Crippen molar-refractivity contribution in [3.8, 4) is 0 Å². The average Bonchev–Trinajstić information content (AvgIpc) is 2.99. The fourth-order valence-electron chi connectivity index (χ4n) is 1.71. The molecule has 0 saturated heterocycles. The maximum absolute atomic E-state index is 12.5. The Morgan fingerprint density at radius 3 is 2.65 bits per heavy atom. The van der Waals surface area contributed by atoms with Crippen LogP contribution in [0.5, 0.6) is 0 Å². The predicted octanol–water partition coefficient (Wildman–Crippen LogP) is 2.47. The number of aromatic nitrogens is 2. The van der Waals surface area contributed by atoms with Crippen LogP contribution < -0.4 is 10.6 Å². The highest BCUT2D eigenvalue weighted by Gasteiger charge is 2.31. The van der Waals surface area contributed by atoms with Gasteiger partial charge in [0, 0.05) is 36.1 Å². The second-order valence-electron chi connectivity index (χ2n) is 4.48. The Morgan fingerprint density at radius 2 is 2.09 bits per heavy atom. The van der Waals surface area contributed by atoms with Crippen molar-refractivity contribution < 1.29 is 18.0 Å². The van der Waals surface area contributed by atoms with Crippen LogP contribution in [0.25, 0.3) is 0 Å². The van der Waals surface area contributed by atoms with Crippen LogP contribution in [0.15, 0.2) is 29.9 Å². The summed E-state index contributed by atoms with van der Waals surface area (Å²) in [7, 11) is 0. The van der Waals surface area contributed by atoms with Gasteiger partial charge in [-0.25, -0.2) is 9.97 Å². The van der Waals surface area contributed by atoms with Crippen LogP contribution in [0.2, 0.25) is 0 Å². The van der Waals surface area contributed by atoms with E-state index in [0.29, 0.717) is 0 Å². The van der Waals surface area contributed by atoms with E-state index in [1.54, 1.807) is 5.38 Å². The van der Waals surface area contributed by atoms with Crippen molar-refractivity contribution >= 4 is 34.5 Å². The lowest BCUT2D eigenvalue weighted by Crippen LogP contribution is -2.39. The molecule has 0 saturated carbocycles. The summed E-state index contributed by atoms with van der Waals surface area (Å²) in [6.07, 6.45) is -2.98. The van der Waals surface area contributed by atoms with Crippen LogP contribution in [0.4, 0.5) is 24.7 Å². The summed E-state index contributed by atoms with van der Waals surface area (Å²) >= 11 is 1.05. The zero-order valence-electron chi connectivity index (χ0n) is 11.7. The van der Waals surface area contributed by atoms with Gasteiger partial charge < -0.3 is 5.73 Å². The van der Waals surface area contributed by atoms with Crippen molar-refractivity contribution in [3.63, 3.8) is 0 Å². The van der Waals surface area contributed by atoms with Gasteiger partial charge in [-0.3, -0.25) is 15.1 Å². The van der Waals surface area contributed by atoms with Crippen molar-refractivity contribution in [2.24, 2.45) is 0 Å². The van der Waals surface area contributed by atoms with E-state index in [1.807, 2.05) is 0 Å². The number of nitrogens with zero attached hydrogens (tertiary/aromatic N) is 3. The van der Waals surface area contributed by atoms with Gasteiger partial charge in [0.2, 0.25) is 0 Å². The van der Waals surface area contributed by atoms with Gasteiger partial charge in [0.25, 0.3) is 5.91 Å². The van der Waals surface area contributed by atoms with E-state index in [4.69, 9.17) is 11.1 Å². The SMILES string of the molecule is N=C(C(=O)N(CCC(F)(F)F)c1cc(N)ccn1)c1nccs1. The maximum Gasteiger partial charge on any atom is 0.390 e. The molecule has 0 unspecified atom stereocenters. The third-order valence-corrected chi connectivity index (χ3v) is 3.56. The van der Waals surface area contributed by atoms with Gasteiger partial charge in [-0.2, -0.15) is 13.2 Å². The van der Waals surface area contributed by atoms with Crippen LogP contribution in [-0.2, 0) is 4.79 Å². The van der Waals surface area contributed by atoms with Gasteiger partial charge in [0.15, 0.2) is 5.71 Å². The van der Waals surface area contributed by atoms with Gasteiger partial charge in [-0.05, 0) is 6.07 Å². The lowest BCUT2D eigenvalue weighted by Gasteiger charge is -2.22. The Morgan fingerprint density at radius 1 is 1.35 bits per heavy atom. The number of hydrogen-bond donors (Lipinski definition) is 2. The highest BCUT2D eigenvalue weighted by atomic mass is 32.1. The first-order valence-corrected chi connectivity index (χ1v) is 7.24. The van der Waals surface area contributed by atoms with Crippen molar-refractivity contribution in [3.05, 3.63) is 34.9 Å². The Bertz CT molecular complexity index is 702. The second-order valence-corrected chi connectivity index (χ2v) is 5.38. The normalized spacial score (nSPS) is 11.3. The molecule has 0 aliphatic rings. The Hall–Kier alpha value is -2.49. The fourth-order valence-corrected chi connectivity index (χ4v) is 2.29. The third-order valence-electron chi connectivity index (χ3n) is 2.77. The van der Waals surface area contributed by atoms with E-state index in [1.165, 1.54) is 24.5 Å². The largest absolute Gasteiger partial charge is 0.399 e. The van der Waals surface area contributed by atoms with E-state index in [9.17, 15) is 18.0 Å². The number of nitrogens with two attached hydrogens (primary N) is 1. The molecule has 0 radical (unpaired) electrons. The Balaban J connectivity index is 2.29. The first kappa shape index (κ1) is 16.9. The standard InChI is InChI=1S/C13H12F3N5OS/c14-13(15,16)2-5-21(9-7-8(17)1-3-19-9)12(22)10(18)11-20-4-6-23-11/h1,3-4,6-7,18H,2,5H2,(H2,17,19). The van der Waals surface area contributed by atoms with Crippen LogP contribution in [0.3, 0.4) is 0 Å². The number of halogens is 3. The van der Waals surface area contributed by atoms with Gasteiger partial charge in [-0.1, -0.05) is 0 Å². The number of carbonyl (C=O) groups excluding carboxylic acids is 1. The highest BCUT2D eigenvalue weighted by Crippen LogP contribution is 2.23. The Kier molecular flexibility index (Phi) is 4.94. The number of pyridine rings is 1. The summed E-state index contributed by atoms with van der Waals surface area (Å²) in [4.78, 5) is 20.9. The van der Waals surface area contributed by atoms with Crippen LogP contribution in [0, 0.1) is 5.41 Å². The molecule has 0 spiro atoms. The first-order valence-electron chi connectivity index (χ1n) is 6.36. The number of hydrogen-bond acceptors (Lipinski definition) is 6. The van der Waals surface area contributed by atoms with E-state index < -0.39 is 30.8 Å². The number of carbonyl (C=O) groups is 1. The van der Waals surface area contributed by atoms with Crippen molar-refractivity contribution in [2.45, 2.75) is 12.6 Å². The van der Waals surface area contributed by atoms with Gasteiger partial charge in [0.05, 0.1) is 6.42 Å². The van der Waals surface area contributed by atoms with Crippen LogP contribution in [-0.4, -0.2) is 34.3 Å². The van der Waals surface area contributed by atoms with Crippen molar-refractivity contribution in [1.82, 2.24) is 9.97 Å². The number of amides is 1. The minimum absolute atomic E-state index is 0.0412. The number of rotatable bonds is 5. The summed E-state index contributed by atoms with van der Waals surface area (Å²) in [5.74, 6) is -0.956. The summed E-state index contributed by atoms with van der Waals surface area (Å²) in [6, 6.07) is 2.73. The quantitative estimate of drug-likeness (QED) is 0.815. The summed E-state index contributed by atoms with van der Waals surface area (Å²) < 4.78 is 37.5. The van der Waals surface area contributed by atoms with E-state index in [-0.39, 0.29) is 16.5 Å². The molecule has 2 rings (SSSR count). The Labute approximate surface area is 133 Å². The number of alkyl halides is 3. The second kappa shape index (κ2) is 6.73. The molecule has 0 aliphatic carbocycles. The molecule has 2 aromatic heterocycles. The molecule has 0 atom stereocenters. The lowest BCUT2D eigenvalue weighted by molar-refractivity contribution is -0.133. The number of thiazole rings is 1. The average molecular weight is 343 g/mol. The highest BCUT2D eigenvalue weighted by molar-refractivity contribution is 7.12. The van der Waals surface area contributed by atoms with Gasteiger partial charge >= 0.3 is 6.18 Å². The fraction of sp³-hybridized carbons (Fsp3) is 0.231. The molecule has 23 heavy (non-hydrogen) atoms. The molecule has 2 heterocycles. The number of anilines is 2. The topological polar surface area (TPSA) is 96.0 Å². The maximum atomic E-state index is 12.5. The molecule has 10 heteroatoms.